The van der Waals surface area contributed by atoms with E-state index >= 15 is 0 Å². The first-order valence-corrected chi connectivity index (χ1v) is 6.44. The zero-order valence-corrected chi connectivity index (χ0v) is 11.8. The third-order valence-corrected chi connectivity index (χ3v) is 3.49. The number of benzene rings is 1. The molecule has 1 aromatic heterocycles. The Balaban J connectivity index is 2.10. The molecule has 0 amide bonds. The van der Waals surface area contributed by atoms with Crippen LogP contribution < -0.4 is 5.32 Å². The summed E-state index contributed by atoms with van der Waals surface area (Å²) in [5, 5.41) is 12.0. The van der Waals surface area contributed by atoms with Crippen molar-refractivity contribution >= 4 is 21.6 Å². The first-order valence-electron chi connectivity index (χ1n) is 5.64. The van der Waals surface area contributed by atoms with Crippen molar-refractivity contribution in [2.75, 3.05) is 5.32 Å². The van der Waals surface area contributed by atoms with Gasteiger partial charge in [-0.2, -0.15) is 5.26 Å². The van der Waals surface area contributed by atoms with E-state index in [0.717, 1.165) is 21.4 Å². The number of aromatic nitrogens is 1. The average Bonchev–Trinajstić information content (AvgIpc) is 2.41. The van der Waals surface area contributed by atoms with Crippen LogP contribution in [-0.4, -0.2) is 4.98 Å². The molecular formula is C14H11BrFN3. The Bertz CT molecular complexity index is 650. The number of nitrogens with one attached hydrogen (secondary N) is 1. The van der Waals surface area contributed by atoms with Crippen LogP contribution in [0.15, 0.2) is 35.1 Å². The molecule has 1 aromatic carbocycles. The molecule has 1 heterocycles. The quantitative estimate of drug-likeness (QED) is 0.876. The monoisotopic (exact) mass is 319 g/mol. The highest BCUT2D eigenvalue weighted by Crippen LogP contribution is 2.18. The molecule has 0 aliphatic rings. The predicted molar refractivity (Wildman–Crippen MR) is 75.1 cm³/mol. The Kier molecular flexibility index (Phi) is 4.13. The first-order chi connectivity index (χ1) is 9.10. The maximum absolute atomic E-state index is 13.2. The molecule has 2 aromatic rings. The van der Waals surface area contributed by atoms with Gasteiger partial charge in [-0.05, 0) is 52.2 Å². The van der Waals surface area contributed by atoms with Crippen molar-refractivity contribution in [2.24, 2.45) is 0 Å². The molecule has 2 rings (SSSR count). The summed E-state index contributed by atoms with van der Waals surface area (Å²) in [7, 11) is 0. The van der Waals surface area contributed by atoms with Gasteiger partial charge in [-0.25, -0.2) is 9.37 Å². The molecule has 19 heavy (non-hydrogen) atoms. The summed E-state index contributed by atoms with van der Waals surface area (Å²) in [6.07, 6.45) is 1.71. The number of aryl methyl sites for hydroxylation is 1. The van der Waals surface area contributed by atoms with Crippen LogP contribution in [0, 0.1) is 24.1 Å². The van der Waals surface area contributed by atoms with Gasteiger partial charge in [-0.1, -0.05) is 6.07 Å². The van der Waals surface area contributed by atoms with Crippen LogP contribution in [0.1, 0.15) is 16.7 Å². The highest BCUT2D eigenvalue weighted by Gasteiger charge is 2.03. The minimum absolute atomic E-state index is 0.0596. The molecule has 0 atom stereocenters. The number of pyridine rings is 1. The van der Waals surface area contributed by atoms with Crippen molar-refractivity contribution in [1.29, 1.82) is 5.26 Å². The highest BCUT2D eigenvalue weighted by molar-refractivity contribution is 9.10. The number of hydrogen-bond acceptors (Lipinski definition) is 3. The summed E-state index contributed by atoms with van der Waals surface area (Å²) in [6.45, 7) is 2.46. The summed E-state index contributed by atoms with van der Waals surface area (Å²) in [4.78, 5) is 4.18. The molecule has 3 nitrogen and oxygen atoms in total. The van der Waals surface area contributed by atoms with Crippen molar-refractivity contribution in [3.63, 3.8) is 0 Å². The van der Waals surface area contributed by atoms with Crippen LogP contribution in [0.4, 0.5) is 10.1 Å². The summed E-state index contributed by atoms with van der Waals surface area (Å²) >= 11 is 3.34. The number of hydrogen-bond donors (Lipinski definition) is 1. The second-order valence-electron chi connectivity index (χ2n) is 4.11. The van der Waals surface area contributed by atoms with Gasteiger partial charge in [-0.15, -0.1) is 0 Å². The normalized spacial score (nSPS) is 10.0. The van der Waals surface area contributed by atoms with Crippen LogP contribution in [-0.2, 0) is 6.54 Å². The van der Waals surface area contributed by atoms with Crippen molar-refractivity contribution < 1.29 is 4.39 Å². The Morgan fingerprint density at radius 1 is 1.42 bits per heavy atom. The highest BCUT2D eigenvalue weighted by atomic mass is 79.9. The Morgan fingerprint density at radius 2 is 2.21 bits per heavy atom. The lowest BCUT2D eigenvalue weighted by Crippen LogP contribution is -2.01. The lowest BCUT2D eigenvalue weighted by atomic mass is 10.1. The predicted octanol–water partition coefficient (Wildman–Crippen LogP) is 3.78. The topological polar surface area (TPSA) is 48.7 Å². The van der Waals surface area contributed by atoms with Crippen LogP contribution in [0.25, 0.3) is 0 Å². The van der Waals surface area contributed by atoms with Gasteiger partial charge in [0.25, 0.3) is 0 Å². The maximum atomic E-state index is 13.2. The van der Waals surface area contributed by atoms with E-state index in [9.17, 15) is 4.39 Å². The number of nitrogens with zero attached hydrogens (tertiary/aromatic N) is 2. The smallest absolute Gasteiger partial charge is 0.140 e. The molecule has 0 saturated carbocycles. The zero-order valence-electron chi connectivity index (χ0n) is 10.2. The Morgan fingerprint density at radius 3 is 2.89 bits per heavy atom. The third kappa shape index (κ3) is 3.30. The summed E-state index contributed by atoms with van der Waals surface area (Å²) in [5.74, 6) is -0.493. The molecule has 0 aliphatic carbocycles. The molecule has 0 fully saturated rings. The number of rotatable bonds is 3. The first kappa shape index (κ1) is 13.5. The molecule has 0 saturated heterocycles. The van der Waals surface area contributed by atoms with Gasteiger partial charge in [0.05, 0.1) is 17.4 Å². The molecule has 0 aliphatic heterocycles. The summed E-state index contributed by atoms with van der Waals surface area (Å²) < 4.78 is 14.0. The molecule has 1 N–H and O–H groups in total. The van der Waals surface area contributed by atoms with Crippen LogP contribution >= 0.6 is 15.9 Å². The zero-order chi connectivity index (χ0) is 13.8. The second-order valence-corrected chi connectivity index (χ2v) is 4.86. The van der Waals surface area contributed by atoms with E-state index in [1.165, 1.54) is 6.07 Å². The lowest BCUT2D eigenvalue weighted by Gasteiger charge is -2.08. The van der Waals surface area contributed by atoms with Crippen LogP contribution in [0.2, 0.25) is 0 Å². The van der Waals surface area contributed by atoms with E-state index in [1.807, 2.05) is 19.1 Å². The average molecular weight is 320 g/mol. The molecule has 5 heteroatoms. The Labute approximate surface area is 119 Å². The molecule has 0 spiro atoms. The van der Waals surface area contributed by atoms with Gasteiger partial charge in [0.1, 0.15) is 16.5 Å². The second kappa shape index (κ2) is 5.81. The van der Waals surface area contributed by atoms with Gasteiger partial charge >= 0.3 is 0 Å². The number of anilines is 1. The van der Waals surface area contributed by atoms with Crippen molar-refractivity contribution in [2.45, 2.75) is 13.5 Å². The standard InChI is InChI=1S/C14H11BrFN3/c1-9-4-12(8-19-14(9)15)18-7-10-2-3-13(16)11(5-10)6-17/h2-5,8,18H,7H2,1H3. The molecule has 0 unspecified atom stereocenters. The minimum atomic E-state index is -0.493. The minimum Gasteiger partial charge on any atom is -0.380 e. The largest absolute Gasteiger partial charge is 0.380 e. The molecular weight excluding hydrogens is 309 g/mol. The molecule has 96 valence electrons. The van der Waals surface area contributed by atoms with Gasteiger partial charge in [0.2, 0.25) is 0 Å². The van der Waals surface area contributed by atoms with E-state index in [1.54, 1.807) is 18.3 Å². The van der Waals surface area contributed by atoms with Gasteiger partial charge in [0, 0.05) is 6.54 Å². The van der Waals surface area contributed by atoms with E-state index in [-0.39, 0.29) is 5.56 Å². The van der Waals surface area contributed by atoms with Crippen molar-refractivity contribution in [3.05, 3.63) is 57.6 Å². The van der Waals surface area contributed by atoms with E-state index in [4.69, 9.17) is 5.26 Å². The molecule has 0 radical (unpaired) electrons. The van der Waals surface area contributed by atoms with Gasteiger partial charge in [0.15, 0.2) is 0 Å². The SMILES string of the molecule is Cc1cc(NCc2ccc(F)c(C#N)c2)cnc1Br. The van der Waals surface area contributed by atoms with Crippen LogP contribution in [0.5, 0.6) is 0 Å². The third-order valence-electron chi connectivity index (χ3n) is 2.66. The van der Waals surface area contributed by atoms with E-state index in [2.05, 4.69) is 26.2 Å². The van der Waals surface area contributed by atoms with Gasteiger partial charge < -0.3 is 5.32 Å². The van der Waals surface area contributed by atoms with Crippen LogP contribution in [0.3, 0.4) is 0 Å². The van der Waals surface area contributed by atoms with Crippen molar-refractivity contribution in [3.8, 4) is 6.07 Å². The maximum Gasteiger partial charge on any atom is 0.140 e. The fourth-order valence-corrected chi connectivity index (χ4v) is 1.84. The molecule has 0 bridgehead atoms. The lowest BCUT2D eigenvalue weighted by molar-refractivity contribution is 0.623. The number of nitriles is 1. The van der Waals surface area contributed by atoms with Crippen molar-refractivity contribution in [1.82, 2.24) is 4.98 Å². The van der Waals surface area contributed by atoms with Gasteiger partial charge in [-0.3, -0.25) is 0 Å². The fourth-order valence-electron chi connectivity index (χ4n) is 1.63. The number of halogens is 2. The summed E-state index contributed by atoms with van der Waals surface area (Å²) in [5.41, 5.74) is 2.81. The van der Waals surface area contributed by atoms with E-state index in [0.29, 0.717) is 6.54 Å². The fraction of sp³-hybridized carbons (Fsp3) is 0.143. The van der Waals surface area contributed by atoms with E-state index < -0.39 is 5.82 Å². The summed E-state index contributed by atoms with van der Waals surface area (Å²) in [6, 6.07) is 8.30. The Hall–Kier alpha value is -1.93.